The standard InChI is InChI=1S/C15H20N2O2/c18-15(17-12-5-3-8-16-10-12)14-13-6-2-1-4-11(13)7-9-19-14/h1-2,4,6,12,14,16H,3,5,7-10H2,(H,17,18). The summed E-state index contributed by atoms with van der Waals surface area (Å²) < 4.78 is 5.68. The van der Waals surface area contributed by atoms with Gasteiger partial charge < -0.3 is 15.4 Å². The van der Waals surface area contributed by atoms with Crippen molar-refractivity contribution in [3.8, 4) is 0 Å². The van der Waals surface area contributed by atoms with E-state index >= 15 is 0 Å². The second-order valence-corrected chi connectivity index (χ2v) is 5.25. The van der Waals surface area contributed by atoms with E-state index < -0.39 is 6.10 Å². The molecule has 2 atom stereocenters. The van der Waals surface area contributed by atoms with Crippen LogP contribution < -0.4 is 10.6 Å². The fraction of sp³-hybridized carbons (Fsp3) is 0.533. The molecule has 1 amide bonds. The van der Waals surface area contributed by atoms with Crippen molar-refractivity contribution in [2.75, 3.05) is 19.7 Å². The second-order valence-electron chi connectivity index (χ2n) is 5.25. The van der Waals surface area contributed by atoms with Gasteiger partial charge in [-0.1, -0.05) is 24.3 Å². The Morgan fingerprint density at radius 3 is 3.11 bits per heavy atom. The predicted molar refractivity (Wildman–Crippen MR) is 72.9 cm³/mol. The van der Waals surface area contributed by atoms with Crippen LogP contribution in [0.4, 0.5) is 0 Å². The minimum atomic E-state index is -0.438. The van der Waals surface area contributed by atoms with Crippen molar-refractivity contribution < 1.29 is 9.53 Å². The van der Waals surface area contributed by atoms with Gasteiger partial charge in [0, 0.05) is 12.6 Å². The molecule has 1 aromatic rings. The normalized spacial score (nSPS) is 26.5. The van der Waals surface area contributed by atoms with Crippen molar-refractivity contribution in [2.45, 2.75) is 31.4 Å². The molecule has 2 N–H and O–H groups in total. The number of benzene rings is 1. The van der Waals surface area contributed by atoms with Gasteiger partial charge in [0.1, 0.15) is 0 Å². The van der Waals surface area contributed by atoms with Gasteiger partial charge in [0.05, 0.1) is 6.61 Å². The highest BCUT2D eigenvalue weighted by atomic mass is 16.5. The number of fused-ring (bicyclic) bond motifs is 1. The van der Waals surface area contributed by atoms with Gasteiger partial charge in [0.25, 0.3) is 5.91 Å². The molecule has 4 nitrogen and oxygen atoms in total. The summed E-state index contributed by atoms with van der Waals surface area (Å²) >= 11 is 0. The zero-order valence-electron chi connectivity index (χ0n) is 11.0. The van der Waals surface area contributed by atoms with Crippen LogP contribution >= 0.6 is 0 Å². The lowest BCUT2D eigenvalue weighted by Crippen LogP contribution is -2.47. The molecule has 19 heavy (non-hydrogen) atoms. The molecular weight excluding hydrogens is 240 g/mol. The molecule has 1 aromatic carbocycles. The SMILES string of the molecule is O=C(NC1CCCNC1)C1OCCc2ccccc21. The minimum absolute atomic E-state index is 0.000787. The van der Waals surface area contributed by atoms with Gasteiger partial charge in [0.15, 0.2) is 6.10 Å². The van der Waals surface area contributed by atoms with E-state index in [2.05, 4.69) is 16.7 Å². The highest BCUT2D eigenvalue weighted by Crippen LogP contribution is 2.27. The van der Waals surface area contributed by atoms with E-state index in [0.717, 1.165) is 37.9 Å². The molecule has 0 spiro atoms. The summed E-state index contributed by atoms with van der Waals surface area (Å²) in [6.07, 6.45) is 2.62. The predicted octanol–water partition coefficient (Wildman–Crippen LogP) is 1.17. The molecule has 0 bridgehead atoms. The fourth-order valence-electron chi connectivity index (χ4n) is 2.86. The first-order valence-electron chi connectivity index (χ1n) is 7.05. The van der Waals surface area contributed by atoms with E-state index in [-0.39, 0.29) is 11.9 Å². The Morgan fingerprint density at radius 1 is 1.37 bits per heavy atom. The first-order chi connectivity index (χ1) is 9.34. The largest absolute Gasteiger partial charge is 0.363 e. The number of carbonyl (C=O) groups is 1. The highest BCUT2D eigenvalue weighted by Gasteiger charge is 2.28. The number of hydrogen-bond donors (Lipinski definition) is 2. The van der Waals surface area contributed by atoms with E-state index in [1.165, 1.54) is 5.56 Å². The van der Waals surface area contributed by atoms with Crippen molar-refractivity contribution in [3.05, 3.63) is 35.4 Å². The quantitative estimate of drug-likeness (QED) is 0.839. The van der Waals surface area contributed by atoms with Crippen molar-refractivity contribution >= 4 is 5.91 Å². The number of nitrogens with one attached hydrogen (secondary N) is 2. The lowest BCUT2D eigenvalue weighted by atomic mass is 9.96. The van der Waals surface area contributed by atoms with Crippen molar-refractivity contribution in [1.29, 1.82) is 0 Å². The van der Waals surface area contributed by atoms with Gasteiger partial charge >= 0.3 is 0 Å². The lowest BCUT2D eigenvalue weighted by Gasteiger charge is -2.29. The van der Waals surface area contributed by atoms with E-state index in [4.69, 9.17) is 4.74 Å². The Kier molecular flexibility index (Phi) is 3.80. The third-order valence-electron chi connectivity index (χ3n) is 3.87. The summed E-state index contributed by atoms with van der Waals surface area (Å²) in [5.41, 5.74) is 2.26. The number of carbonyl (C=O) groups excluding carboxylic acids is 1. The fourth-order valence-corrected chi connectivity index (χ4v) is 2.86. The maximum absolute atomic E-state index is 12.4. The molecule has 0 aliphatic carbocycles. The maximum atomic E-state index is 12.4. The zero-order valence-corrected chi connectivity index (χ0v) is 11.0. The van der Waals surface area contributed by atoms with Crippen LogP contribution in [0.2, 0.25) is 0 Å². The zero-order chi connectivity index (χ0) is 13.1. The number of ether oxygens (including phenoxy) is 1. The highest BCUT2D eigenvalue weighted by molar-refractivity contribution is 5.83. The summed E-state index contributed by atoms with van der Waals surface area (Å²) in [6, 6.07) is 8.30. The van der Waals surface area contributed by atoms with Crippen molar-refractivity contribution in [3.63, 3.8) is 0 Å². The Hall–Kier alpha value is -1.39. The van der Waals surface area contributed by atoms with E-state index in [1.54, 1.807) is 0 Å². The average molecular weight is 260 g/mol. The van der Waals surface area contributed by atoms with Crippen LogP contribution in [0.5, 0.6) is 0 Å². The number of hydrogen-bond acceptors (Lipinski definition) is 3. The number of amides is 1. The first kappa shape index (κ1) is 12.6. The number of piperidine rings is 1. The van der Waals surface area contributed by atoms with Crippen molar-refractivity contribution in [2.24, 2.45) is 0 Å². The third-order valence-corrected chi connectivity index (χ3v) is 3.87. The van der Waals surface area contributed by atoms with Gasteiger partial charge in [-0.25, -0.2) is 0 Å². The van der Waals surface area contributed by atoms with E-state index in [9.17, 15) is 4.79 Å². The van der Waals surface area contributed by atoms with Gasteiger partial charge in [-0.3, -0.25) is 4.79 Å². The molecule has 2 heterocycles. The Balaban J connectivity index is 1.70. The second kappa shape index (κ2) is 5.72. The molecule has 2 aliphatic rings. The van der Waals surface area contributed by atoms with E-state index in [1.807, 2.05) is 18.2 Å². The third kappa shape index (κ3) is 2.80. The monoisotopic (exact) mass is 260 g/mol. The average Bonchev–Trinajstić information content (AvgIpc) is 2.47. The van der Waals surface area contributed by atoms with Crippen LogP contribution in [-0.2, 0) is 16.0 Å². The Labute approximate surface area is 113 Å². The molecule has 4 heteroatoms. The molecule has 1 saturated heterocycles. The summed E-state index contributed by atoms with van der Waals surface area (Å²) in [4.78, 5) is 12.4. The summed E-state index contributed by atoms with van der Waals surface area (Å²) in [5.74, 6) is 0.000787. The van der Waals surface area contributed by atoms with Crippen molar-refractivity contribution in [1.82, 2.24) is 10.6 Å². The molecule has 2 unspecified atom stereocenters. The summed E-state index contributed by atoms with van der Waals surface area (Å²) in [6.45, 7) is 2.53. The minimum Gasteiger partial charge on any atom is -0.363 e. The molecule has 0 radical (unpaired) electrons. The van der Waals surface area contributed by atoms with Crippen LogP contribution in [0.3, 0.4) is 0 Å². The Morgan fingerprint density at radius 2 is 2.26 bits per heavy atom. The van der Waals surface area contributed by atoms with Gasteiger partial charge in [-0.15, -0.1) is 0 Å². The Bertz CT molecular complexity index is 455. The molecule has 0 aromatic heterocycles. The summed E-state index contributed by atoms with van der Waals surface area (Å²) in [5, 5.41) is 6.41. The van der Waals surface area contributed by atoms with Crippen LogP contribution in [0.1, 0.15) is 30.1 Å². The summed E-state index contributed by atoms with van der Waals surface area (Å²) in [7, 11) is 0. The molecule has 1 fully saturated rings. The van der Waals surface area contributed by atoms with Gasteiger partial charge in [0.2, 0.25) is 0 Å². The van der Waals surface area contributed by atoms with Gasteiger partial charge in [-0.05, 0) is 36.9 Å². The van der Waals surface area contributed by atoms with Crippen LogP contribution in [0.25, 0.3) is 0 Å². The molecule has 0 saturated carbocycles. The molecular formula is C15H20N2O2. The molecule has 2 aliphatic heterocycles. The smallest absolute Gasteiger partial charge is 0.254 e. The molecule has 102 valence electrons. The van der Waals surface area contributed by atoms with Crippen LogP contribution in [0.15, 0.2) is 24.3 Å². The van der Waals surface area contributed by atoms with Crippen LogP contribution in [0, 0.1) is 0 Å². The number of rotatable bonds is 2. The van der Waals surface area contributed by atoms with Gasteiger partial charge in [-0.2, -0.15) is 0 Å². The first-order valence-corrected chi connectivity index (χ1v) is 7.05. The lowest BCUT2D eigenvalue weighted by molar-refractivity contribution is -0.135. The maximum Gasteiger partial charge on any atom is 0.254 e. The van der Waals surface area contributed by atoms with E-state index in [0.29, 0.717) is 6.61 Å². The molecule has 3 rings (SSSR count). The topological polar surface area (TPSA) is 50.4 Å². The van der Waals surface area contributed by atoms with Crippen LogP contribution in [-0.4, -0.2) is 31.6 Å².